The lowest BCUT2D eigenvalue weighted by Crippen LogP contribution is -2.10. The number of rotatable bonds is 4. The number of nitrogens with one attached hydrogen (secondary N) is 2. The van der Waals surface area contributed by atoms with Gasteiger partial charge in [0.15, 0.2) is 5.16 Å². The van der Waals surface area contributed by atoms with E-state index in [1.807, 2.05) is 6.26 Å². The van der Waals surface area contributed by atoms with E-state index in [4.69, 9.17) is 5.84 Å². The van der Waals surface area contributed by atoms with E-state index in [2.05, 4.69) is 43.3 Å². The minimum Gasteiger partial charge on any atom is -0.339 e. The lowest BCUT2D eigenvalue weighted by atomic mass is 10.3. The zero-order valence-electron chi connectivity index (χ0n) is 9.95. The number of hydrazine groups is 1. The van der Waals surface area contributed by atoms with Gasteiger partial charge in [0.1, 0.15) is 17.5 Å². The van der Waals surface area contributed by atoms with Crippen molar-refractivity contribution in [3.63, 3.8) is 0 Å². The van der Waals surface area contributed by atoms with Crippen LogP contribution in [0.4, 0.5) is 21.7 Å². The van der Waals surface area contributed by atoms with Crippen LogP contribution >= 0.6 is 34.4 Å². The van der Waals surface area contributed by atoms with Crippen LogP contribution in [0.15, 0.2) is 29.4 Å². The third-order valence-electron chi connectivity index (χ3n) is 2.23. The summed E-state index contributed by atoms with van der Waals surface area (Å²) in [5, 5.41) is 3.71. The molecule has 0 aliphatic rings. The maximum Gasteiger partial charge on any atom is 0.191 e. The van der Waals surface area contributed by atoms with E-state index < -0.39 is 0 Å². The third-order valence-corrected chi connectivity index (χ3v) is 3.67. The second-order valence-electron chi connectivity index (χ2n) is 3.52. The molecule has 0 radical (unpaired) electrons. The summed E-state index contributed by atoms with van der Waals surface area (Å²) in [5.74, 6) is 6.19. The maximum absolute atomic E-state index is 13.0. The molecule has 8 heteroatoms. The van der Waals surface area contributed by atoms with Gasteiger partial charge in [0, 0.05) is 9.64 Å². The number of nitrogens with zero attached hydrogens (tertiary/aromatic N) is 2. The van der Waals surface area contributed by atoms with Crippen molar-refractivity contribution >= 4 is 51.7 Å². The molecule has 0 aliphatic heterocycles. The van der Waals surface area contributed by atoms with Gasteiger partial charge in [0.2, 0.25) is 0 Å². The number of halogens is 2. The summed E-state index contributed by atoms with van der Waals surface area (Å²) in [6.45, 7) is 0. The minimum absolute atomic E-state index is 0.272. The molecular weight excluding hydrogens is 380 g/mol. The molecule has 1 heterocycles. The van der Waals surface area contributed by atoms with Crippen molar-refractivity contribution in [1.29, 1.82) is 0 Å². The fourth-order valence-corrected chi connectivity index (χ4v) is 2.37. The highest BCUT2D eigenvalue weighted by molar-refractivity contribution is 14.1. The van der Waals surface area contributed by atoms with Gasteiger partial charge in [-0.15, -0.1) is 0 Å². The minimum atomic E-state index is -0.272. The zero-order valence-corrected chi connectivity index (χ0v) is 12.9. The molecule has 0 aliphatic carbocycles. The molecule has 0 atom stereocenters. The molecule has 2 rings (SSSR count). The van der Waals surface area contributed by atoms with Crippen molar-refractivity contribution < 1.29 is 4.39 Å². The van der Waals surface area contributed by atoms with Crippen LogP contribution in [0.2, 0.25) is 0 Å². The molecule has 1 aromatic carbocycles. The molecule has 100 valence electrons. The predicted octanol–water partition coefficient (Wildman–Crippen LogP) is 2.97. The van der Waals surface area contributed by atoms with Gasteiger partial charge in [-0.25, -0.2) is 20.2 Å². The van der Waals surface area contributed by atoms with Crippen molar-refractivity contribution in [2.75, 3.05) is 17.0 Å². The van der Waals surface area contributed by atoms with E-state index in [0.717, 1.165) is 9.26 Å². The topological polar surface area (TPSA) is 75.9 Å². The Balaban J connectivity index is 2.31. The Morgan fingerprint density at radius 3 is 2.63 bits per heavy atom. The quantitative estimate of drug-likeness (QED) is 0.245. The molecule has 0 bridgehead atoms. The average molecular weight is 391 g/mol. The van der Waals surface area contributed by atoms with Gasteiger partial charge in [-0.3, -0.25) is 0 Å². The van der Waals surface area contributed by atoms with Crippen LogP contribution in [0, 0.1) is 9.39 Å². The summed E-state index contributed by atoms with van der Waals surface area (Å²) in [6.07, 6.45) is 1.88. The van der Waals surface area contributed by atoms with Gasteiger partial charge in [-0.05, 0) is 47.0 Å². The molecule has 0 unspecified atom stereocenters. The van der Waals surface area contributed by atoms with E-state index in [1.54, 1.807) is 12.1 Å². The highest BCUT2D eigenvalue weighted by atomic mass is 127. The lowest BCUT2D eigenvalue weighted by Gasteiger charge is -2.10. The van der Waals surface area contributed by atoms with E-state index in [-0.39, 0.29) is 5.82 Å². The van der Waals surface area contributed by atoms with Crippen LogP contribution in [0.1, 0.15) is 0 Å². The first-order chi connectivity index (χ1) is 9.12. The van der Waals surface area contributed by atoms with Gasteiger partial charge < -0.3 is 10.7 Å². The smallest absolute Gasteiger partial charge is 0.191 e. The number of benzene rings is 1. The zero-order chi connectivity index (χ0) is 13.8. The molecule has 1 aromatic heterocycles. The standard InChI is InChI=1S/C11H11FIN5S/c1-19-11-16-9(5-10(17-11)18-14)15-8-3-2-6(12)4-7(8)13/h2-5H,14H2,1H3,(H2,15,16,17,18). The van der Waals surface area contributed by atoms with Crippen LogP contribution in [0.25, 0.3) is 0 Å². The molecule has 19 heavy (non-hydrogen) atoms. The fraction of sp³-hybridized carbons (Fsp3) is 0.0909. The largest absolute Gasteiger partial charge is 0.339 e. The van der Waals surface area contributed by atoms with Crippen molar-refractivity contribution in [3.8, 4) is 0 Å². The summed E-state index contributed by atoms with van der Waals surface area (Å²) in [5.41, 5.74) is 3.26. The molecule has 0 fully saturated rings. The number of thioether (sulfide) groups is 1. The summed E-state index contributed by atoms with van der Waals surface area (Å²) in [7, 11) is 0. The molecular formula is C11H11FIN5S. The Labute approximate surface area is 127 Å². The van der Waals surface area contributed by atoms with Gasteiger partial charge in [-0.1, -0.05) is 11.8 Å². The van der Waals surface area contributed by atoms with Gasteiger partial charge in [0.25, 0.3) is 0 Å². The van der Waals surface area contributed by atoms with Gasteiger partial charge in [-0.2, -0.15) is 0 Å². The van der Waals surface area contributed by atoms with Crippen LogP contribution in [-0.4, -0.2) is 16.2 Å². The number of aromatic nitrogens is 2. The number of anilines is 3. The molecule has 2 aromatic rings. The summed E-state index contributed by atoms with van der Waals surface area (Å²) >= 11 is 3.47. The average Bonchev–Trinajstić information content (AvgIpc) is 2.41. The fourth-order valence-electron chi connectivity index (χ4n) is 1.38. The number of nitrogen functional groups attached to an aromatic ring is 1. The van der Waals surface area contributed by atoms with Crippen molar-refractivity contribution in [2.45, 2.75) is 5.16 Å². The van der Waals surface area contributed by atoms with Gasteiger partial charge >= 0.3 is 0 Å². The van der Waals surface area contributed by atoms with Crippen molar-refractivity contribution in [2.24, 2.45) is 5.84 Å². The Morgan fingerprint density at radius 1 is 1.26 bits per heavy atom. The second kappa shape index (κ2) is 6.35. The molecule has 4 N–H and O–H groups in total. The van der Waals surface area contributed by atoms with Crippen LogP contribution in [0.3, 0.4) is 0 Å². The SMILES string of the molecule is CSc1nc(NN)cc(Nc2ccc(F)cc2I)n1. The predicted molar refractivity (Wildman–Crippen MR) is 84.0 cm³/mol. The van der Waals surface area contributed by atoms with E-state index in [0.29, 0.717) is 16.8 Å². The van der Waals surface area contributed by atoms with Crippen LogP contribution in [-0.2, 0) is 0 Å². The van der Waals surface area contributed by atoms with E-state index in [1.165, 1.54) is 23.9 Å². The monoisotopic (exact) mass is 391 g/mol. The highest BCUT2D eigenvalue weighted by Crippen LogP contribution is 2.24. The molecule has 0 saturated heterocycles. The van der Waals surface area contributed by atoms with Crippen LogP contribution in [0.5, 0.6) is 0 Å². The Morgan fingerprint density at radius 2 is 2.00 bits per heavy atom. The Bertz CT molecular complexity index is 573. The number of hydrogen-bond acceptors (Lipinski definition) is 6. The maximum atomic E-state index is 13.0. The number of nitrogens with two attached hydrogens (primary N) is 1. The highest BCUT2D eigenvalue weighted by Gasteiger charge is 2.06. The van der Waals surface area contributed by atoms with Crippen molar-refractivity contribution in [1.82, 2.24) is 9.97 Å². The molecule has 5 nitrogen and oxygen atoms in total. The molecule has 0 saturated carbocycles. The normalized spacial score (nSPS) is 10.3. The van der Waals surface area contributed by atoms with Gasteiger partial charge in [0.05, 0.1) is 5.69 Å². The first-order valence-electron chi connectivity index (χ1n) is 5.24. The van der Waals surface area contributed by atoms with E-state index >= 15 is 0 Å². The first-order valence-corrected chi connectivity index (χ1v) is 7.54. The van der Waals surface area contributed by atoms with Crippen LogP contribution < -0.4 is 16.6 Å². The summed E-state index contributed by atoms with van der Waals surface area (Å²) in [4.78, 5) is 8.47. The van der Waals surface area contributed by atoms with E-state index in [9.17, 15) is 4.39 Å². The lowest BCUT2D eigenvalue weighted by molar-refractivity contribution is 0.627. The molecule has 0 amide bonds. The number of hydrogen-bond donors (Lipinski definition) is 3. The second-order valence-corrected chi connectivity index (χ2v) is 5.45. The first kappa shape index (κ1) is 14.3. The Hall–Kier alpha value is -1.13. The molecule has 0 spiro atoms. The van der Waals surface area contributed by atoms with Crippen molar-refractivity contribution in [3.05, 3.63) is 33.7 Å². The summed E-state index contributed by atoms with van der Waals surface area (Å²) < 4.78 is 13.8. The summed E-state index contributed by atoms with van der Waals surface area (Å²) in [6, 6.07) is 6.18. The Kier molecular flexibility index (Phi) is 4.77. The third kappa shape index (κ3) is 3.67.